The molecule has 1 fully saturated rings. The Morgan fingerprint density at radius 2 is 1.79 bits per heavy atom. The number of amides is 1. The van der Waals surface area contributed by atoms with Crippen LogP contribution in [0.5, 0.6) is 0 Å². The Morgan fingerprint density at radius 1 is 1.07 bits per heavy atom. The van der Waals surface area contributed by atoms with Crippen molar-refractivity contribution in [2.24, 2.45) is 0 Å². The van der Waals surface area contributed by atoms with E-state index in [4.69, 9.17) is 9.72 Å². The Morgan fingerprint density at radius 3 is 2.46 bits per heavy atom. The average Bonchev–Trinajstić information content (AvgIpc) is 2.72. The Bertz CT molecular complexity index is 852. The van der Waals surface area contributed by atoms with Gasteiger partial charge in [-0.05, 0) is 35.1 Å². The van der Waals surface area contributed by atoms with Gasteiger partial charge in [0.15, 0.2) is 0 Å². The number of rotatable bonds is 2. The van der Waals surface area contributed by atoms with Crippen LogP contribution in [-0.2, 0) is 23.1 Å². The van der Waals surface area contributed by atoms with Crippen molar-refractivity contribution in [3.05, 3.63) is 52.8 Å². The summed E-state index contributed by atoms with van der Waals surface area (Å²) in [7, 11) is 0. The predicted molar refractivity (Wildman–Crippen MR) is 109 cm³/mol. The standard InChI is InChI=1S/C22H28N4O2/c1-22(2,3)18-6-4-16(5-7-18)20(27)26-9-8-17-14-23-21(24-19(17)15-26)25-10-12-28-13-11-25/h4-7,14H,8-13,15H2,1-3H3. The molecule has 4 rings (SSSR count). The first-order valence-corrected chi connectivity index (χ1v) is 9.99. The minimum Gasteiger partial charge on any atom is -0.378 e. The molecule has 0 radical (unpaired) electrons. The van der Waals surface area contributed by atoms with Crippen LogP contribution in [0.25, 0.3) is 0 Å². The summed E-state index contributed by atoms with van der Waals surface area (Å²) in [6.45, 7) is 10.8. The predicted octanol–water partition coefficient (Wildman–Crippen LogP) is 2.81. The summed E-state index contributed by atoms with van der Waals surface area (Å²) in [5.74, 6) is 0.809. The summed E-state index contributed by atoms with van der Waals surface area (Å²) in [5.41, 5.74) is 4.15. The van der Waals surface area contributed by atoms with Crippen LogP contribution in [0.15, 0.2) is 30.5 Å². The van der Waals surface area contributed by atoms with Crippen molar-refractivity contribution in [3.8, 4) is 0 Å². The topological polar surface area (TPSA) is 58.6 Å². The van der Waals surface area contributed by atoms with Crippen molar-refractivity contribution in [1.82, 2.24) is 14.9 Å². The Hall–Kier alpha value is -2.47. The molecule has 1 aromatic carbocycles. The van der Waals surface area contributed by atoms with E-state index >= 15 is 0 Å². The molecule has 0 aliphatic carbocycles. The average molecular weight is 380 g/mol. The maximum absolute atomic E-state index is 13.0. The van der Waals surface area contributed by atoms with E-state index < -0.39 is 0 Å². The van der Waals surface area contributed by atoms with Crippen LogP contribution in [-0.4, -0.2) is 53.6 Å². The smallest absolute Gasteiger partial charge is 0.254 e. The zero-order valence-electron chi connectivity index (χ0n) is 16.9. The molecule has 1 saturated heterocycles. The van der Waals surface area contributed by atoms with Gasteiger partial charge in [0.1, 0.15) is 0 Å². The minimum atomic E-state index is 0.0673. The lowest BCUT2D eigenvalue weighted by Crippen LogP contribution is -2.39. The molecular weight excluding hydrogens is 352 g/mol. The number of anilines is 1. The SMILES string of the molecule is CC(C)(C)c1ccc(C(=O)N2CCc3cnc(N4CCOCC4)nc3C2)cc1. The minimum absolute atomic E-state index is 0.0673. The molecule has 0 saturated carbocycles. The normalized spacial score (nSPS) is 17.4. The molecule has 2 aromatic rings. The van der Waals surface area contributed by atoms with Crippen LogP contribution in [0.3, 0.4) is 0 Å². The molecule has 6 heteroatoms. The quantitative estimate of drug-likeness (QED) is 0.802. The van der Waals surface area contributed by atoms with E-state index in [2.05, 4.69) is 42.8 Å². The first kappa shape index (κ1) is 18.9. The van der Waals surface area contributed by atoms with Crippen LogP contribution >= 0.6 is 0 Å². The number of hydrogen-bond donors (Lipinski definition) is 0. The van der Waals surface area contributed by atoms with Crippen molar-refractivity contribution < 1.29 is 9.53 Å². The van der Waals surface area contributed by atoms with Crippen molar-refractivity contribution in [3.63, 3.8) is 0 Å². The monoisotopic (exact) mass is 380 g/mol. The number of hydrogen-bond acceptors (Lipinski definition) is 5. The molecule has 0 N–H and O–H groups in total. The lowest BCUT2D eigenvalue weighted by molar-refractivity contribution is 0.0731. The second kappa shape index (κ2) is 7.51. The molecule has 3 heterocycles. The summed E-state index contributed by atoms with van der Waals surface area (Å²) in [6, 6.07) is 8.00. The van der Waals surface area contributed by atoms with Gasteiger partial charge in [0.05, 0.1) is 25.5 Å². The van der Waals surface area contributed by atoms with E-state index in [0.717, 1.165) is 42.3 Å². The molecule has 2 aliphatic heterocycles. The summed E-state index contributed by atoms with van der Waals surface area (Å²) in [6.07, 6.45) is 2.72. The maximum Gasteiger partial charge on any atom is 0.254 e. The second-order valence-electron chi connectivity index (χ2n) is 8.55. The van der Waals surface area contributed by atoms with E-state index in [-0.39, 0.29) is 11.3 Å². The summed E-state index contributed by atoms with van der Waals surface area (Å²) in [5, 5.41) is 0. The third-order valence-electron chi connectivity index (χ3n) is 5.51. The highest BCUT2D eigenvalue weighted by Crippen LogP contribution is 2.24. The van der Waals surface area contributed by atoms with Gasteiger partial charge in [-0.25, -0.2) is 9.97 Å². The van der Waals surface area contributed by atoms with Crippen LogP contribution < -0.4 is 4.90 Å². The Labute approximate surface area is 166 Å². The molecule has 148 valence electrons. The highest BCUT2D eigenvalue weighted by molar-refractivity contribution is 5.94. The van der Waals surface area contributed by atoms with Gasteiger partial charge < -0.3 is 14.5 Å². The van der Waals surface area contributed by atoms with Crippen LogP contribution in [0.4, 0.5) is 5.95 Å². The molecule has 1 aromatic heterocycles. The maximum atomic E-state index is 13.0. The van der Waals surface area contributed by atoms with E-state index in [1.54, 1.807) is 0 Å². The fourth-order valence-electron chi connectivity index (χ4n) is 3.68. The number of aromatic nitrogens is 2. The van der Waals surface area contributed by atoms with E-state index in [0.29, 0.717) is 26.3 Å². The zero-order valence-corrected chi connectivity index (χ0v) is 16.9. The number of carbonyl (C=O) groups excluding carboxylic acids is 1. The third kappa shape index (κ3) is 3.87. The molecule has 28 heavy (non-hydrogen) atoms. The second-order valence-corrected chi connectivity index (χ2v) is 8.55. The molecule has 0 bridgehead atoms. The lowest BCUT2D eigenvalue weighted by atomic mass is 9.86. The highest BCUT2D eigenvalue weighted by atomic mass is 16.5. The van der Waals surface area contributed by atoms with Crippen molar-refractivity contribution in [1.29, 1.82) is 0 Å². The number of nitrogens with zero attached hydrogens (tertiary/aromatic N) is 4. The zero-order chi connectivity index (χ0) is 19.7. The van der Waals surface area contributed by atoms with Crippen LogP contribution in [0, 0.1) is 0 Å². The van der Waals surface area contributed by atoms with Gasteiger partial charge in [0, 0.05) is 31.4 Å². The number of fused-ring (bicyclic) bond motifs is 1. The first-order chi connectivity index (χ1) is 13.4. The van der Waals surface area contributed by atoms with E-state index in [1.165, 1.54) is 5.56 Å². The molecule has 2 aliphatic rings. The van der Waals surface area contributed by atoms with Crippen LogP contribution in [0.1, 0.15) is 48.0 Å². The molecular formula is C22H28N4O2. The van der Waals surface area contributed by atoms with E-state index in [1.807, 2.05) is 23.2 Å². The molecule has 0 atom stereocenters. The van der Waals surface area contributed by atoms with E-state index in [9.17, 15) is 4.79 Å². The van der Waals surface area contributed by atoms with Crippen molar-refractivity contribution in [2.75, 3.05) is 37.7 Å². The van der Waals surface area contributed by atoms with Gasteiger partial charge in [0.2, 0.25) is 5.95 Å². The summed E-state index contributed by atoms with van der Waals surface area (Å²) < 4.78 is 5.41. The van der Waals surface area contributed by atoms with Gasteiger partial charge in [-0.1, -0.05) is 32.9 Å². The summed E-state index contributed by atoms with van der Waals surface area (Å²) in [4.78, 5) is 26.4. The lowest BCUT2D eigenvalue weighted by Gasteiger charge is -2.31. The van der Waals surface area contributed by atoms with Gasteiger partial charge >= 0.3 is 0 Å². The third-order valence-corrected chi connectivity index (χ3v) is 5.51. The van der Waals surface area contributed by atoms with Crippen molar-refractivity contribution in [2.45, 2.75) is 39.2 Å². The molecule has 0 unspecified atom stereocenters. The molecule has 0 spiro atoms. The fourth-order valence-corrected chi connectivity index (χ4v) is 3.68. The van der Waals surface area contributed by atoms with Gasteiger partial charge in [-0.15, -0.1) is 0 Å². The van der Waals surface area contributed by atoms with Gasteiger partial charge in [-0.3, -0.25) is 4.79 Å². The fraction of sp³-hybridized carbons (Fsp3) is 0.500. The summed E-state index contributed by atoms with van der Waals surface area (Å²) >= 11 is 0. The van der Waals surface area contributed by atoms with Gasteiger partial charge in [0.25, 0.3) is 5.91 Å². The largest absolute Gasteiger partial charge is 0.378 e. The van der Waals surface area contributed by atoms with Crippen LogP contribution in [0.2, 0.25) is 0 Å². The first-order valence-electron chi connectivity index (χ1n) is 9.99. The Balaban J connectivity index is 1.50. The van der Waals surface area contributed by atoms with Crippen molar-refractivity contribution >= 4 is 11.9 Å². The number of morpholine rings is 1. The number of carbonyl (C=O) groups is 1. The molecule has 1 amide bonds. The highest BCUT2D eigenvalue weighted by Gasteiger charge is 2.25. The number of ether oxygens (including phenoxy) is 1. The Kier molecular flexibility index (Phi) is 5.06. The number of benzene rings is 1. The van der Waals surface area contributed by atoms with Gasteiger partial charge in [-0.2, -0.15) is 0 Å². The molecule has 6 nitrogen and oxygen atoms in total.